The van der Waals surface area contributed by atoms with Crippen molar-refractivity contribution in [1.82, 2.24) is 4.13 Å². The Bertz CT molecular complexity index is 545. The van der Waals surface area contributed by atoms with Crippen molar-refractivity contribution in [2.75, 3.05) is 0 Å². The SMILES string of the molecule is O=S(/C=C/c1ccsc1)NS(=O)/C=C/c1ccsc1. The molecule has 0 radical (unpaired) electrons. The zero-order chi connectivity index (χ0) is 13.5. The molecule has 2 heterocycles. The maximum atomic E-state index is 11.6. The molecule has 2 aromatic heterocycles. The molecule has 0 aliphatic carbocycles. The van der Waals surface area contributed by atoms with Gasteiger partial charge in [0.1, 0.15) is 22.0 Å². The molecule has 0 amide bonds. The first-order chi connectivity index (χ1) is 9.24. The number of hydrogen-bond acceptors (Lipinski definition) is 4. The molecule has 0 aliphatic rings. The Morgan fingerprint density at radius 3 is 1.74 bits per heavy atom. The van der Waals surface area contributed by atoms with E-state index in [-0.39, 0.29) is 0 Å². The van der Waals surface area contributed by atoms with E-state index in [1.54, 1.807) is 34.8 Å². The molecule has 0 saturated carbocycles. The van der Waals surface area contributed by atoms with Crippen LogP contribution in [0.4, 0.5) is 0 Å². The number of thiophene rings is 2. The predicted molar refractivity (Wildman–Crippen MR) is 86.1 cm³/mol. The highest BCUT2D eigenvalue weighted by Crippen LogP contribution is 2.09. The summed E-state index contributed by atoms with van der Waals surface area (Å²) in [4.78, 5) is 0. The third-order valence-electron chi connectivity index (χ3n) is 2.02. The van der Waals surface area contributed by atoms with Crippen LogP contribution in [-0.4, -0.2) is 8.42 Å². The summed E-state index contributed by atoms with van der Waals surface area (Å²) in [6.07, 6.45) is 3.47. The van der Waals surface area contributed by atoms with Crippen molar-refractivity contribution >= 4 is 56.8 Å². The van der Waals surface area contributed by atoms with Crippen molar-refractivity contribution in [1.29, 1.82) is 0 Å². The third kappa shape index (κ3) is 5.33. The molecule has 19 heavy (non-hydrogen) atoms. The fraction of sp³-hybridized carbons (Fsp3) is 0. The summed E-state index contributed by atoms with van der Waals surface area (Å²) < 4.78 is 25.7. The lowest BCUT2D eigenvalue weighted by Crippen LogP contribution is -2.15. The van der Waals surface area contributed by atoms with Gasteiger partial charge >= 0.3 is 0 Å². The first kappa shape index (κ1) is 14.5. The molecule has 0 saturated heterocycles. The predicted octanol–water partition coefficient (Wildman–Crippen LogP) is 3.37. The minimum absolute atomic E-state index is 0.986. The Kier molecular flexibility index (Phi) is 5.87. The smallest absolute Gasteiger partial charge is 0.129 e. The van der Waals surface area contributed by atoms with Gasteiger partial charge in [0.05, 0.1) is 0 Å². The summed E-state index contributed by atoms with van der Waals surface area (Å²) in [7, 11) is -2.92. The quantitative estimate of drug-likeness (QED) is 0.883. The van der Waals surface area contributed by atoms with Crippen LogP contribution >= 0.6 is 22.7 Å². The van der Waals surface area contributed by atoms with Crippen molar-refractivity contribution < 1.29 is 8.42 Å². The van der Waals surface area contributed by atoms with Crippen LogP contribution in [0.2, 0.25) is 0 Å². The van der Waals surface area contributed by atoms with Gasteiger partial charge in [-0.05, 0) is 56.9 Å². The zero-order valence-electron chi connectivity index (χ0n) is 9.72. The molecule has 100 valence electrons. The van der Waals surface area contributed by atoms with Gasteiger partial charge in [-0.2, -0.15) is 22.7 Å². The number of nitrogens with one attached hydrogen (secondary N) is 1. The molecule has 2 aromatic rings. The van der Waals surface area contributed by atoms with Gasteiger partial charge in [0.2, 0.25) is 0 Å². The Hall–Kier alpha value is -0.860. The Morgan fingerprint density at radius 1 is 0.895 bits per heavy atom. The molecular formula is C12H11NO2S4. The van der Waals surface area contributed by atoms with E-state index in [2.05, 4.69) is 4.13 Å². The highest BCUT2D eigenvalue weighted by molar-refractivity contribution is 8.01. The van der Waals surface area contributed by atoms with E-state index in [1.165, 1.54) is 10.8 Å². The highest BCUT2D eigenvalue weighted by atomic mass is 32.3. The highest BCUT2D eigenvalue weighted by Gasteiger charge is 1.98. The van der Waals surface area contributed by atoms with Gasteiger partial charge in [-0.15, -0.1) is 4.13 Å². The average molecular weight is 329 g/mol. The Morgan fingerprint density at radius 2 is 1.37 bits per heavy atom. The van der Waals surface area contributed by atoms with Gasteiger partial charge in [0.15, 0.2) is 0 Å². The summed E-state index contributed by atoms with van der Waals surface area (Å²) >= 11 is 3.14. The second-order valence-electron chi connectivity index (χ2n) is 3.40. The van der Waals surface area contributed by atoms with Crippen molar-refractivity contribution in [3.8, 4) is 0 Å². The van der Waals surface area contributed by atoms with Gasteiger partial charge in [-0.3, -0.25) is 0 Å². The van der Waals surface area contributed by atoms with E-state index < -0.39 is 22.0 Å². The van der Waals surface area contributed by atoms with Crippen LogP contribution in [0.15, 0.2) is 44.5 Å². The maximum Gasteiger partial charge on any atom is 0.129 e. The fourth-order valence-electron chi connectivity index (χ4n) is 1.16. The van der Waals surface area contributed by atoms with Crippen molar-refractivity contribution in [2.24, 2.45) is 0 Å². The van der Waals surface area contributed by atoms with Gasteiger partial charge < -0.3 is 0 Å². The zero-order valence-corrected chi connectivity index (χ0v) is 13.0. The van der Waals surface area contributed by atoms with Crippen LogP contribution in [-0.2, 0) is 22.0 Å². The van der Waals surface area contributed by atoms with Crippen molar-refractivity contribution in [3.63, 3.8) is 0 Å². The fourth-order valence-corrected chi connectivity index (χ4v) is 4.07. The minimum Gasteiger partial charge on any atom is -0.237 e. The van der Waals surface area contributed by atoms with E-state index in [9.17, 15) is 8.42 Å². The molecular weight excluding hydrogens is 318 g/mol. The van der Waals surface area contributed by atoms with Gasteiger partial charge in [-0.25, -0.2) is 8.42 Å². The monoisotopic (exact) mass is 329 g/mol. The second kappa shape index (κ2) is 7.66. The van der Waals surface area contributed by atoms with Crippen LogP contribution in [0.3, 0.4) is 0 Å². The molecule has 2 unspecified atom stereocenters. The van der Waals surface area contributed by atoms with Crippen molar-refractivity contribution in [3.05, 3.63) is 55.6 Å². The molecule has 0 fully saturated rings. The van der Waals surface area contributed by atoms with Crippen LogP contribution in [0.1, 0.15) is 11.1 Å². The number of hydrogen-bond donors (Lipinski definition) is 1. The van der Waals surface area contributed by atoms with E-state index in [0.717, 1.165) is 11.1 Å². The molecule has 3 nitrogen and oxygen atoms in total. The Balaban J connectivity index is 1.83. The second-order valence-corrected chi connectivity index (χ2v) is 7.36. The van der Waals surface area contributed by atoms with Crippen LogP contribution in [0, 0.1) is 0 Å². The summed E-state index contributed by atoms with van der Waals surface area (Å²) in [6, 6.07) is 3.84. The molecule has 2 rings (SSSR count). The summed E-state index contributed by atoms with van der Waals surface area (Å²) in [5, 5.41) is 10.7. The molecule has 7 heteroatoms. The largest absolute Gasteiger partial charge is 0.237 e. The lowest BCUT2D eigenvalue weighted by Gasteiger charge is -1.95. The number of rotatable bonds is 6. The summed E-state index contributed by atoms with van der Waals surface area (Å²) in [5.74, 6) is 0. The molecule has 0 aliphatic heterocycles. The van der Waals surface area contributed by atoms with Crippen molar-refractivity contribution in [2.45, 2.75) is 0 Å². The topological polar surface area (TPSA) is 46.2 Å². The minimum atomic E-state index is -1.46. The average Bonchev–Trinajstić information content (AvgIpc) is 3.07. The standard InChI is InChI=1S/C12H11NO2S4/c14-18(7-3-11-1-5-16-9-11)13-19(15)8-4-12-2-6-17-10-12/h1-10,13H/b7-3+,8-4+. The molecule has 1 N–H and O–H groups in total. The third-order valence-corrected chi connectivity index (χ3v) is 5.50. The van der Waals surface area contributed by atoms with Crippen LogP contribution in [0.5, 0.6) is 0 Å². The first-order valence-electron chi connectivity index (χ1n) is 5.22. The first-order valence-corrected chi connectivity index (χ1v) is 9.53. The van der Waals surface area contributed by atoms with E-state index in [0.29, 0.717) is 0 Å². The molecule has 0 aromatic carbocycles. The normalized spacial score (nSPS) is 15.2. The van der Waals surface area contributed by atoms with Gasteiger partial charge in [0.25, 0.3) is 0 Å². The van der Waals surface area contributed by atoms with Crippen LogP contribution < -0.4 is 4.13 Å². The molecule has 0 bridgehead atoms. The lowest BCUT2D eigenvalue weighted by molar-refractivity contribution is 0.678. The lowest BCUT2D eigenvalue weighted by atomic mass is 10.3. The van der Waals surface area contributed by atoms with E-state index >= 15 is 0 Å². The summed E-state index contributed by atoms with van der Waals surface area (Å²) in [6.45, 7) is 0. The summed E-state index contributed by atoms with van der Waals surface area (Å²) in [5.41, 5.74) is 1.97. The van der Waals surface area contributed by atoms with Gasteiger partial charge in [-0.1, -0.05) is 0 Å². The van der Waals surface area contributed by atoms with E-state index in [1.807, 2.05) is 33.7 Å². The van der Waals surface area contributed by atoms with Gasteiger partial charge in [0, 0.05) is 10.8 Å². The maximum absolute atomic E-state index is 11.6. The van der Waals surface area contributed by atoms with E-state index in [4.69, 9.17) is 0 Å². The Labute approximate surface area is 124 Å². The van der Waals surface area contributed by atoms with Crippen LogP contribution in [0.25, 0.3) is 12.2 Å². The molecule has 2 atom stereocenters. The molecule has 0 spiro atoms.